The van der Waals surface area contributed by atoms with Crippen molar-refractivity contribution in [3.05, 3.63) is 18.1 Å². The molecule has 1 rings (SSSR count). The standard InChI is InChI=1S/C16H30N4/c1-6-7-17-8-15-9-19-16(10-18-15)20(11-13(2)3)12-14(4)5/h9-10,13-14,17H,6-8,11-12H2,1-5H3. The number of nitrogens with one attached hydrogen (secondary N) is 1. The van der Waals surface area contributed by atoms with Crippen LogP contribution >= 0.6 is 0 Å². The third-order valence-electron chi connectivity index (χ3n) is 2.92. The van der Waals surface area contributed by atoms with Gasteiger partial charge in [0.25, 0.3) is 0 Å². The maximum Gasteiger partial charge on any atom is 0.147 e. The summed E-state index contributed by atoms with van der Waals surface area (Å²) in [4.78, 5) is 11.4. The topological polar surface area (TPSA) is 41.1 Å². The van der Waals surface area contributed by atoms with Crippen LogP contribution in [0.15, 0.2) is 12.4 Å². The molecule has 1 N–H and O–H groups in total. The normalized spacial score (nSPS) is 11.3. The molecule has 20 heavy (non-hydrogen) atoms. The molecule has 0 atom stereocenters. The Bertz CT molecular complexity index is 349. The number of nitrogens with zero attached hydrogens (tertiary/aromatic N) is 3. The van der Waals surface area contributed by atoms with E-state index in [1.54, 1.807) is 0 Å². The molecule has 4 heteroatoms. The van der Waals surface area contributed by atoms with Crippen molar-refractivity contribution in [3.63, 3.8) is 0 Å². The molecule has 1 aromatic heterocycles. The zero-order valence-electron chi connectivity index (χ0n) is 13.7. The molecule has 0 aliphatic rings. The Morgan fingerprint density at radius 2 is 1.70 bits per heavy atom. The Morgan fingerprint density at radius 3 is 2.15 bits per heavy atom. The van der Waals surface area contributed by atoms with Gasteiger partial charge >= 0.3 is 0 Å². The summed E-state index contributed by atoms with van der Waals surface area (Å²) in [7, 11) is 0. The predicted molar refractivity (Wildman–Crippen MR) is 85.9 cm³/mol. The molecule has 0 fully saturated rings. The van der Waals surface area contributed by atoms with E-state index in [0.29, 0.717) is 11.8 Å². The smallest absolute Gasteiger partial charge is 0.147 e. The summed E-state index contributed by atoms with van der Waals surface area (Å²) in [5.74, 6) is 2.24. The highest BCUT2D eigenvalue weighted by atomic mass is 15.2. The Balaban J connectivity index is 2.66. The Hall–Kier alpha value is -1.16. The molecular formula is C16H30N4. The lowest BCUT2D eigenvalue weighted by Crippen LogP contribution is -2.32. The van der Waals surface area contributed by atoms with Crippen LogP contribution in [0.3, 0.4) is 0 Å². The van der Waals surface area contributed by atoms with Crippen LogP contribution in [0, 0.1) is 11.8 Å². The molecular weight excluding hydrogens is 248 g/mol. The molecule has 0 spiro atoms. The zero-order valence-corrected chi connectivity index (χ0v) is 13.7. The fourth-order valence-electron chi connectivity index (χ4n) is 2.14. The fourth-order valence-corrected chi connectivity index (χ4v) is 2.14. The molecule has 1 heterocycles. The molecule has 0 aliphatic carbocycles. The molecule has 0 aliphatic heterocycles. The second-order valence-electron chi connectivity index (χ2n) is 6.24. The van der Waals surface area contributed by atoms with Crippen LogP contribution < -0.4 is 10.2 Å². The summed E-state index contributed by atoms with van der Waals surface area (Å²) >= 11 is 0. The molecule has 0 amide bonds. The predicted octanol–water partition coefficient (Wildman–Crippen LogP) is 3.09. The first-order chi connectivity index (χ1) is 9.52. The monoisotopic (exact) mass is 278 g/mol. The van der Waals surface area contributed by atoms with Gasteiger partial charge in [-0.3, -0.25) is 4.98 Å². The number of hydrogen-bond donors (Lipinski definition) is 1. The van der Waals surface area contributed by atoms with Gasteiger partial charge in [-0.05, 0) is 24.8 Å². The van der Waals surface area contributed by atoms with Crippen molar-refractivity contribution >= 4 is 5.82 Å². The molecule has 0 saturated heterocycles. The van der Waals surface area contributed by atoms with E-state index >= 15 is 0 Å². The highest BCUT2D eigenvalue weighted by molar-refractivity contribution is 5.35. The molecule has 1 aromatic rings. The van der Waals surface area contributed by atoms with Crippen molar-refractivity contribution in [1.29, 1.82) is 0 Å². The average Bonchev–Trinajstić information content (AvgIpc) is 2.38. The Labute approximate surface area is 124 Å². The van der Waals surface area contributed by atoms with E-state index in [1.165, 1.54) is 0 Å². The maximum absolute atomic E-state index is 4.59. The fraction of sp³-hybridized carbons (Fsp3) is 0.750. The van der Waals surface area contributed by atoms with Crippen LogP contribution in [-0.4, -0.2) is 29.6 Å². The lowest BCUT2D eigenvalue weighted by molar-refractivity contribution is 0.547. The van der Waals surface area contributed by atoms with Gasteiger partial charge < -0.3 is 10.2 Å². The summed E-state index contributed by atoms with van der Waals surface area (Å²) in [5, 5.41) is 3.35. The molecule has 0 unspecified atom stereocenters. The Kier molecular flexibility index (Phi) is 7.52. The van der Waals surface area contributed by atoms with Gasteiger partial charge in [-0.15, -0.1) is 0 Å². The van der Waals surface area contributed by atoms with Gasteiger partial charge in [0.2, 0.25) is 0 Å². The van der Waals surface area contributed by atoms with Crippen LogP contribution in [0.5, 0.6) is 0 Å². The van der Waals surface area contributed by atoms with Crippen LogP contribution in [0.1, 0.15) is 46.7 Å². The summed E-state index contributed by atoms with van der Waals surface area (Å²) in [5.41, 5.74) is 1.01. The second kappa shape index (κ2) is 8.90. The van der Waals surface area contributed by atoms with Crippen LogP contribution in [0.4, 0.5) is 5.82 Å². The molecule has 0 radical (unpaired) electrons. The van der Waals surface area contributed by atoms with Gasteiger partial charge in [-0.25, -0.2) is 4.98 Å². The minimum atomic E-state index is 0.626. The quantitative estimate of drug-likeness (QED) is 0.705. The van der Waals surface area contributed by atoms with E-state index < -0.39 is 0 Å². The van der Waals surface area contributed by atoms with Gasteiger partial charge in [0.1, 0.15) is 5.82 Å². The van der Waals surface area contributed by atoms with Crippen molar-refractivity contribution in [2.75, 3.05) is 24.5 Å². The molecule has 114 valence electrons. The first-order valence-corrected chi connectivity index (χ1v) is 7.79. The third kappa shape index (κ3) is 6.33. The largest absolute Gasteiger partial charge is 0.355 e. The first-order valence-electron chi connectivity index (χ1n) is 7.79. The molecule has 4 nitrogen and oxygen atoms in total. The molecule has 0 saturated carbocycles. The molecule has 0 bridgehead atoms. The number of hydrogen-bond acceptors (Lipinski definition) is 4. The minimum absolute atomic E-state index is 0.626. The van der Waals surface area contributed by atoms with Crippen molar-refractivity contribution in [2.24, 2.45) is 11.8 Å². The van der Waals surface area contributed by atoms with E-state index in [1.807, 2.05) is 12.4 Å². The van der Waals surface area contributed by atoms with E-state index in [9.17, 15) is 0 Å². The summed E-state index contributed by atoms with van der Waals surface area (Å²) in [6, 6.07) is 0. The van der Waals surface area contributed by atoms with Crippen molar-refractivity contribution in [3.8, 4) is 0 Å². The van der Waals surface area contributed by atoms with E-state index in [4.69, 9.17) is 0 Å². The van der Waals surface area contributed by atoms with E-state index in [0.717, 1.165) is 44.1 Å². The average molecular weight is 278 g/mol. The van der Waals surface area contributed by atoms with Crippen molar-refractivity contribution in [2.45, 2.75) is 47.6 Å². The highest BCUT2D eigenvalue weighted by Gasteiger charge is 2.12. The van der Waals surface area contributed by atoms with Gasteiger partial charge in [0, 0.05) is 19.6 Å². The van der Waals surface area contributed by atoms with Crippen LogP contribution in [0.2, 0.25) is 0 Å². The van der Waals surface area contributed by atoms with Gasteiger partial charge in [-0.1, -0.05) is 34.6 Å². The van der Waals surface area contributed by atoms with E-state index in [-0.39, 0.29) is 0 Å². The van der Waals surface area contributed by atoms with Gasteiger partial charge in [0.05, 0.1) is 18.1 Å². The Morgan fingerprint density at radius 1 is 1.05 bits per heavy atom. The molecule has 0 aromatic carbocycles. The van der Waals surface area contributed by atoms with Crippen molar-refractivity contribution < 1.29 is 0 Å². The van der Waals surface area contributed by atoms with Crippen LogP contribution in [0.25, 0.3) is 0 Å². The highest BCUT2D eigenvalue weighted by Crippen LogP contribution is 2.13. The van der Waals surface area contributed by atoms with E-state index in [2.05, 4.69) is 54.8 Å². The minimum Gasteiger partial charge on any atom is -0.355 e. The third-order valence-corrected chi connectivity index (χ3v) is 2.92. The van der Waals surface area contributed by atoms with Crippen LogP contribution in [-0.2, 0) is 6.54 Å². The summed E-state index contributed by atoms with van der Waals surface area (Å²) in [6.45, 7) is 15.0. The zero-order chi connectivity index (χ0) is 15.0. The number of rotatable bonds is 9. The first kappa shape index (κ1) is 16.9. The lowest BCUT2D eigenvalue weighted by atomic mass is 10.1. The van der Waals surface area contributed by atoms with Gasteiger partial charge in [-0.2, -0.15) is 0 Å². The van der Waals surface area contributed by atoms with Gasteiger partial charge in [0.15, 0.2) is 0 Å². The maximum atomic E-state index is 4.59. The number of anilines is 1. The van der Waals surface area contributed by atoms with Crippen molar-refractivity contribution in [1.82, 2.24) is 15.3 Å². The summed E-state index contributed by atoms with van der Waals surface area (Å²) in [6.07, 6.45) is 4.95. The second-order valence-corrected chi connectivity index (χ2v) is 6.24. The lowest BCUT2D eigenvalue weighted by Gasteiger charge is -2.27. The summed E-state index contributed by atoms with van der Waals surface area (Å²) < 4.78 is 0. The SMILES string of the molecule is CCCNCc1cnc(N(CC(C)C)CC(C)C)cn1. The number of aromatic nitrogens is 2.